The third kappa shape index (κ3) is 5.55. The summed E-state index contributed by atoms with van der Waals surface area (Å²) < 4.78 is 0. The third-order valence-corrected chi connectivity index (χ3v) is 5.69. The first-order valence-corrected chi connectivity index (χ1v) is 10.4. The van der Waals surface area contributed by atoms with Gasteiger partial charge in [0.2, 0.25) is 11.8 Å². The topological polar surface area (TPSA) is 70.2 Å². The van der Waals surface area contributed by atoms with Gasteiger partial charge in [0.15, 0.2) is 0 Å². The fourth-order valence-electron chi connectivity index (χ4n) is 4.16. The Labute approximate surface area is 162 Å². The molecule has 0 radical (unpaired) electrons. The van der Waals surface area contributed by atoms with Crippen LogP contribution in [0.25, 0.3) is 0 Å². The predicted octanol–water partition coefficient (Wildman–Crippen LogP) is 2.68. The van der Waals surface area contributed by atoms with Crippen molar-refractivity contribution in [2.24, 2.45) is 5.92 Å². The first kappa shape index (κ1) is 19.9. The van der Waals surface area contributed by atoms with E-state index in [0.717, 1.165) is 12.8 Å². The molecule has 27 heavy (non-hydrogen) atoms. The van der Waals surface area contributed by atoms with Gasteiger partial charge in [-0.2, -0.15) is 0 Å². The molecular weight excluding hydrogens is 338 g/mol. The smallest absolute Gasteiger partial charge is 0.242 e. The summed E-state index contributed by atoms with van der Waals surface area (Å²) in [4.78, 5) is 25.7. The second kappa shape index (κ2) is 9.36. The van der Waals surface area contributed by atoms with Crippen molar-refractivity contribution < 1.29 is 9.59 Å². The van der Waals surface area contributed by atoms with Crippen LogP contribution in [0.2, 0.25) is 0 Å². The molecule has 1 aliphatic heterocycles. The van der Waals surface area contributed by atoms with E-state index in [-0.39, 0.29) is 23.9 Å². The lowest BCUT2D eigenvalue weighted by molar-refractivity contribution is -0.131. The molecule has 0 spiro atoms. The van der Waals surface area contributed by atoms with Gasteiger partial charge in [-0.3, -0.25) is 9.59 Å². The molecule has 1 saturated carbocycles. The van der Waals surface area contributed by atoms with Gasteiger partial charge in [-0.25, -0.2) is 0 Å². The molecule has 1 fully saturated rings. The third-order valence-electron chi connectivity index (χ3n) is 5.69. The summed E-state index contributed by atoms with van der Waals surface area (Å²) in [6.07, 6.45) is 7.04. The lowest BCUT2D eigenvalue weighted by Gasteiger charge is -2.29. The van der Waals surface area contributed by atoms with Crippen molar-refractivity contribution in [1.29, 1.82) is 0 Å². The Kier molecular flexibility index (Phi) is 6.89. The Bertz CT molecular complexity index is 653. The van der Waals surface area contributed by atoms with Gasteiger partial charge in [-0.15, -0.1) is 0 Å². The maximum Gasteiger partial charge on any atom is 0.242 e. The van der Waals surface area contributed by atoms with E-state index in [2.05, 4.69) is 41.9 Å². The number of rotatable bonds is 6. The monoisotopic (exact) mass is 371 g/mol. The summed E-state index contributed by atoms with van der Waals surface area (Å²) in [7, 11) is 0. The quantitative estimate of drug-likeness (QED) is 0.720. The highest BCUT2D eigenvalue weighted by atomic mass is 16.2. The van der Waals surface area contributed by atoms with Crippen LogP contribution in [0.5, 0.6) is 0 Å². The normalized spacial score (nSPS) is 21.4. The average molecular weight is 372 g/mol. The molecule has 0 saturated heterocycles. The minimum atomic E-state index is -0.460. The number of carbonyl (C=O) groups is 2. The molecule has 2 aliphatic rings. The second-order valence-corrected chi connectivity index (χ2v) is 8.44. The maximum absolute atomic E-state index is 12.8. The van der Waals surface area contributed by atoms with E-state index in [0.29, 0.717) is 25.3 Å². The molecule has 1 aromatic rings. The van der Waals surface area contributed by atoms with Crippen molar-refractivity contribution >= 4 is 11.8 Å². The minimum Gasteiger partial charge on any atom is -0.352 e. The average Bonchev–Trinajstić information content (AvgIpc) is 2.67. The van der Waals surface area contributed by atoms with Gasteiger partial charge in [-0.1, -0.05) is 57.4 Å². The highest BCUT2D eigenvalue weighted by Crippen LogP contribution is 2.19. The molecule has 5 nitrogen and oxygen atoms in total. The highest BCUT2D eigenvalue weighted by Gasteiger charge is 2.29. The van der Waals surface area contributed by atoms with Crippen molar-refractivity contribution in [3.8, 4) is 0 Å². The fraction of sp³-hybridized carbons (Fsp3) is 0.636. The summed E-state index contributed by atoms with van der Waals surface area (Å²) in [6, 6.07) is 7.73. The molecule has 1 aromatic carbocycles. The van der Waals surface area contributed by atoms with Crippen LogP contribution in [0.3, 0.4) is 0 Å². The molecule has 2 atom stereocenters. The number of amides is 2. The Morgan fingerprint density at radius 3 is 2.52 bits per heavy atom. The molecule has 1 aliphatic carbocycles. The van der Waals surface area contributed by atoms with Crippen LogP contribution in [0.4, 0.5) is 0 Å². The van der Waals surface area contributed by atoms with Crippen LogP contribution in [-0.2, 0) is 22.6 Å². The van der Waals surface area contributed by atoms with Gasteiger partial charge >= 0.3 is 0 Å². The number of carbonyl (C=O) groups excluding carboxylic acids is 2. The number of hydrogen-bond donors (Lipinski definition) is 3. The van der Waals surface area contributed by atoms with E-state index in [9.17, 15) is 9.59 Å². The van der Waals surface area contributed by atoms with E-state index < -0.39 is 6.04 Å². The van der Waals surface area contributed by atoms with E-state index in [1.807, 2.05) is 12.1 Å². The van der Waals surface area contributed by atoms with Gasteiger partial charge in [0.05, 0.1) is 6.04 Å². The maximum atomic E-state index is 12.8. The number of benzene rings is 1. The highest BCUT2D eigenvalue weighted by molar-refractivity contribution is 5.90. The number of nitrogens with one attached hydrogen (secondary N) is 3. The van der Waals surface area contributed by atoms with Crippen molar-refractivity contribution in [2.75, 3.05) is 0 Å². The zero-order chi connectivity index (χ0) is 19.2. The van der Waals surface area contributed by atoms with Gasteiger partial charge in [0, 0.05) is 12.6 Å². The molecule has 5 heteroatoms. The lowest BCUT2D eigenvalue weighted by atomic mass is 9.94. The lowest BCUT2D eigenvalue weighted by Crippen LogP contribution is -2.55. The number of hydrogen-bond acceptors (Lipinski definition) is 3. The van der Waals surface area contributed by atoms with Crippen LogP contribution < -0.4 is 16.0 Å². The molecule has 3 N–H and O–H groups in total. The molecule has 0 unspecified atom stereocenters. The zero-order valence-electron chi connectivity index (χ0n) is 16.6. The van der Waals surface area contributed by atoms with Crippen LogP contribution in [0.1, 0.15) is 63.5 Å². The summed E-state index contributed by atoms with van der Waals surface area (Å²) in [5.41, 5.74) is 2.46. The molecule has 1 heterocycles. The Hall–Kier alpha value is -1.88. The van der Waals surface area contributed by atoms with Crippen LogP contribution in [0, 0.1) is 5.92 Å². The summed E-state index contributed by atoms with van der Waals surface area (Å²) in [5, 5.41) is 9.51. The molecular formula is C22H33N3O2. The number of fused-ring (bicyclic) bond motifs is 1. The fourth-order valence-corrected chi connectivity index (χ4v) is 4.16. The minimum absolute atomic E-state index is 0.0276. The van der Waals surface area contributed by atoms with Crippen molar-refractivity contribution in [1.82, 2.24) is 16.0 Å². The predicted molar refractivity (Wildman–Crippen MR) is 107 cm³/mol. The Morgan fingerprint density at radius 2 is 1.81 bits per heavy atom. The molecule has 148 valence electrons. The van der Waals surface area contributed by atoms with E-state index in [4.69, 9.17) is 0 Å². The SMILES string of the molecule is CC(C)C[C@@H](NC(=O)[C@@H]1Cc2ccccc2CN1)C(=O)NC1CCCCC1. The van der Waals surface area contributed by atoms with E-state index in [1.165, 1.54) is 30.4 Å². The molecule has 0 bridgehead atoms. The van der Waals surface area contributed by atoms with Crippen LogP contribution >= 0.6 is 0 Å². The second-order valence-electron chi connectivity index (χ2n) is 8.44. The Balaban J connectivity index is 1.60. The van der Waals surface area contributed by atoms with Gasteiger partial charge in [0.1, 0.15) is 6.04 Å². The summed E-state index contributed by atoms with van der Waals surface area (Å²) >= 11 is 0. The summed E-state index contributed by atoms with van der Waals surface area (Å²) in [5.74, 6) is 0.238. The zero-order valence-corrected chi connectivity index (χ0v) is 16.6. The largest absolute Gasteiger partial charge is 0.352 e. The van der Waals surface area contributed by atoms with Crippen molar-refractivity contribution in [3.05, 3.63) is 35.4 Å². The summed E-state index contributed by atoms with van der Waals surface area (Å²) in [6.45, 7) is 4.86. The van der Waals surface area contributed by atoms with Crippen LogP contribution in [-0.4, -0.2) is 29.9 Å². The molecule has 2 amide bonds. The Morgan fingerprint density at radius 1 is 1.11 bits per heavy atom. The van der Waals surface area contributed by atoms with E-state index >= 15 is 0 Å². The van der Waals surface area contributed by atoms with Crippen LogP contribution in [0.15, 0.2) is 24.3 Å². The van der Waals surface area contributed by atoms with Gasteiger partial charge in [0.25, 0.3) is 0 Å². The van der Waals surface area contributed by atoms with Crippen molar-refractivity contribution in [2.45, 2.75) is 83.5 Å². The van der Waals surface area contributed by atoms with Crippen molar-refractivity contribution in [3.63, 3.8) is 0 Å². The standard InChI is InChI=1S/C22H33N3O2/c1-15(2)12-20(22(27)24-18-10-4-3-5-11-18)25-21(26)19-13-16-8-6-7-9-17(16)14-23-19/h6-9,15,18-20,23H,3-5,10-14H2,1-2H3,(H,24,27)(H,25,26)/t19-,20+/m0/s1. The van der Waals surface area contributed by atoms with Gasteiger partial charge < -0.3 is 16.0 Å². The van der Waals surface area contributed by atoms with E-state index in [1.54, 1.807) is 0 Å². The van der Waals surface area contributed by atoms with Gasteiger partial charge in [-0.05, 0) is 42.7 Å². The first-order chi connectivity index (χ1) is 13.0. The molecule has 0 aromatic heterocycles. The molecule has 3 rings (SSSR count). The first-order valence-electron chi connectivity index (χ1n) is 10.4.